The maximum atomic E-state index is 5.65. The molecule has 0 amide bonds. The Bertz CT molecular complexity index is 278. The van der Waals surface area contributed by atoms with E-state index < -0.39 is 0 Å². The van der Waals surface area contributed by atoms with Crippen LogP contribution in [0.3, 0.4) is 0 Å². The normalized spacial score (nSPS) is 12.1. The van der Waals surface area contributed by atoms with Gasteiger partial charge in [0.25, 0.3) is 0 Å². The van der Waals surface area contributed by atoms with Crippen LogP contribution in [0.15, 0.2) is 11.8 Å². The van der Waals surface area contributed by atoms with Crippen molar-refractivity contribution >= 4 is 29.0 Å². The Morgan fingerprint density at radius 1 is 1.75 bits per heavy atom. The maximum Gasteiger partial charge on any atom is 0.116 e. The minimum atomic E-state index is 0.584. The first-order valence-corrected chi connectivity index (χ1v) is 5.29. The Kier molecular flexibility index (Phi) is 3.76. The molecule has 12 heavy (non-hydrogen) atoms. The number of aromatic nitrogens is 1. The molecule has 1 nitrogen and oxygen atoms in total. The number of allylic oxidation sites excluding steroid dienone is 1. The SMILES string of the molecule is CCc1cnc(/C=C(/C)CCl)s1. The van der Waals surface area contributed by atoms with E-state index in [1.165, 1.54) is 4.88 Å². The molecular formula is C9H12ClNS. The van der Waals surface area contributed by atoms with Gasteiger partial charge in [0.2, 0.25) is 0 Å². The molecule has 0 fully saturated rings. The fraction of sp³-hybridized carbons (Fsp3) is 0.444. The lowest BCUT2D eigenvalue weighted by molar-refractivity contribution is 1.17. The molecule has 0 saturated heterocycles. The number of nitrogens with zero attached hydrogens (tertiary/aromatic N) is 1. The van der Waals surface area contributed by atoms with Gasteiger partial charge in [0.05, 0.1) is 0 Å². The molecular weight excluding hydrogens is 190 g/mol. The molecule has 0 spiro atoms. The van der Waals surface area contributed by atoms with Gasteiger partial charge in [0.1, 0.15) is 5.01 Å². The molecule has 3 heteroatoms. The summed E-state index contributed by atoms with van der Waals surface area (Å²) in [4.78, 5) is 5.58. The van der Waals surface area contributed by atoms with Crippen molar-refractivity contribution in [1.82, 2.24) is 4.98 Å². The van der Waals surface area contributed by atoms with Crippen LogP contribution in [0.5, 0.6) is 0 Å². The lowest BCUT2D eigenvalue weighted by Crippen LogP contribution is -1.75. The highest BCUT2D eigenvalue weighted by Crippen LogP contribution is 2.16. The molecule has 0 aromatic carbocycles. The van der Waals surface area contributed by atoms with E-state index in [1.807, 2.05) is 19.2 Å². The summed E-state index contributed by atoms with van der Waals surface area (Å²) in [5.41, 5.74) is 1.16. The van der Waals surface area contributed by atoms with E-state index in [-0.39, 0.29) is 0 Å². The van der Waals surface area contributed by atoms with Crippen LogP contribution in [0.2, 0.25) is 0 Å². The summed E-state index contributed by atoms with van der Waals surface area (Å²) in [7, 11) is 0. The van der Waals surface area contributed by atoms with Crippen molar-refractivity contribution in [1.29, 1.82) is 0 Å². The molecule has 0 unspecified atom stereocenters. The molecule has 66 valence electrons. The number of hydrogen-bond donors (Lipinski definition) is 0. The Labute approximate surface area is 82.1 Å². The van der Waals surface area contributed by atoms with E-state index in [0.29, 0.717) is 5.88 Å². The fourth-order valence-corrected chi connectivity index (χ4v) is 1.76. The third kappa shape index (κ3) is 2.61. The molecule has 0 radical (unpaired) electrons. The van der Waals surface area contributed by atoms with Crippen molar-refractivity contribution in [2.75, 3.05) is 5.88 Å². The van der Waals surface area contributed by atoms with Crippen LogP contribution >= 0.6 is 22.9 Å². The summed E-state index contributed by atoms with van der Waals surface area (Å²) in [6, 6.07) is 0. The van der Waals surface area contributed by atoms with Gasteiger partial charge in [0.15, 0.2) is 0 Å². The van der Waals surface area contributed by atoms with Crippen LogP contribution < -0.4 is 0 Å². The first kappa shape index (κ1) is 9.75. The Morgan fingerprint density at radius 2 is 2.50 bits per heavy atom. The minimum absolute atomic E-state index is 0.584. The zero-order valence-electron chi connectivity index (χ0n) is 7.30. The second-order valence-electron chi connectivity index (χ2n) is 2.64. The van der Waals surface area contributed by atoms with E-state index in [4.69, 9.17) is 11.6 Å². The van der Waals surface area contributed by atoms with Crippen molar-refractivity contribution in [3.63, 3.8) is 0 Å². The van der Waals surface area contributed by atoms with Gasteiger partial charge in [-0.05, 0) is 19.4 Å². The van der Waals surface area contributed by atoms with Gasteiger partial charge in [-0.15, -0.1) is 22.9 Å². The van der Waals surface area contributed by atoms with Gasteiger partial charge >= 0.3 is 0 Å². The van der Waals surface area contributed by atoms with Crippen molar-refractivity contribution in [2.24, 2.45) is 0 Å². The number of thiazole rings is 1. The van der Waals surface area contributed by atoms with Crippen LogP contribution in [0.1, 0.15) is 23.7 Å². The van der Waals surface area contributed by atoms with Crippen molar-refractivity contribution < 1.29 is 0 Å². The second kappa shape index (κ2) is 4.63. The second-order valence-corrected chi connectivity index (χ2v) is 4.06. The number of alkyl halides is 1. The van der Waals surface area contributed by atoms with E-state index >= 15 is 0 Å². The average molecular weight is 202 g/mol. The summed E-state index contributed by atoms with van der Waals surface area (Å²) >= 11 is 7.38. The molecule has 0 atom stereocenters. The van der Waals surface area contributed by atoms with Crippen LogP contribution in [0.25, 0.3) is 6.08 Å². The van der Waals surface area contributed by atoms with Crippen molar-refractivity contribution in [3.05, 3.63) is 21.7 Å². The first-order chi connectivity index (χ1) is 5.76. The van der Waals surface area contributed by atoms with Crippen molar-refractivity contribution in [3.8, 4) is 0 Å². The third-order valence-corrected chi connectivity index (χ3v) is 3.01. The summed E-state index contributed by atoms with van der Waals surface area (Å²) in [5, 5.41) is 1.06. The zero-order chi connectivity index (χ0) is 8.97. The number of halogens is 1. The number of aryl methyl sites for hydroxylation is 1. The van der Waals surface area contributed by atoms with Gasteiger partial charge in [-0.3, -0.25) is 0 Å². The van der Waals surface area contributed by atoms with Gasteiger partial charge in [-0.25, -0.2) is 4.98 Å². The van der Waals surface area contributed by atoms with E-state index in [9.17, 15) is 0 Å². The first-order valence-electron chi connectivity index (χ1n) is 3.94. The smallest absolute Gasteiger partial charge is 0.116 e. The van der Waals surface area contributed by atoms with Gasteiger partial charge < -0.3 is 0 Å². The molecule has 0 bridgehead atoms. The minimum Gasteiger partial charge on any atom is -0.245 e. The highest BCUT2D eigenvalue weighted by atomic mass is 35.5. The topological polar surface area (TPSA) is 12.9 Å². The predicted molar refractivity (Wildman–Crippen MR) is 55.9 cm³/mol. The average Bonchev–Trinajstić information content (AvgIpc) is 2.52. The molecule has 0 N–H and O–H groups in total. The standard InChI is InChI=1S/C9H12ClNS/c1-3-8-6-11-9(12-8)4-7(2)5-10/h4,6H,3,5H2,1-2H3/b7-4-. The Hall–Kier alpha value is -0.340. The quantitative estimate of drug-likeness (QED) is 0.684. The van der Waals surface area contributed by atoms with Gasteiger partial charge in [0, 0.05) is 17.0 Å². The molecule has 1 aromatic heterocycles. The molecule has 0 aliphatic rings. The predicted octanol–water partition coefficient (Wildman–Crippen LogP) is 3.35. The van der Waals surface area contributed by atoms with Crippen LogP contribution in [-0.2, 0) is 6.42 Å². The Morgan fingerprint density at radius 3 is 3.00 bits per heavy atom. The molecule has 1 aromatic rings. The summed E-state index contributed by atoms with van der Waals surface area (Å²) < 4.78 is 0. The fourth-order valence-electron chi connectivity index (χ4n) is 0.802. The number of hydrogen-bond acceptors (Lipinski definition) is 2. The van der Waals surface area contributed by atoms with E-state index in [0.717, 1.165) is 17.0 Å². The zero-order valence-corrected chi connectivity index (χ0v) is 8.87. The van der Waals surface area contributed by atoms with Crippen LogP contribution in [0.4, 0.5) is 0 Å². The molecule has 0 aliphatic heterocycles. The molecule has 0 aliphatic carbocycles. The van der Waals surface area contributed by atoms with E-state index in [1.54, 1.807) is 11.3 Å². The van der Waals surface area contributed by atoms with Crippen molar-refractivity contribution in [2.45, 2.75) is 20.3 Å². The molecule has 1 heterocycles. The monoisotopic (exact) mass is 201 g/mol. The highest BCUT2D eigenvalue weighted by molar-refractivity contribution is 7.12. The number of rotatable bonds is 3. The summed E-state index contributed by atoms with van der Waals surface area (Å²) in [5.74, 6) is 0.584. The Balaban J connectivity index is 2.76. The van der Waals surface area contributed by atoms with Gasteiger partial charge in [-0.2, -0.15) is 0 Å². The third-order valence-electron chi connectivity index (χ3n) is 1.50. The maximum absolute atomic E-state index is 5.65. The summed E-state index contributed by atoms with van der Waals surface area (Å²) in [6.07, 6.45) is 5.03. The molecule has 0 saturated carbocycles. The highest BCUT2D eigenvalue weighted by Gasteiger charge is 1.96. The largest absolute Gasteiger partial charge is 0.245 e. The van der Waals surface area contributed by atoms with Crippen LogP contribution in [-0.4, -0.2) is 10.9 Å². The summed E-state index contributed by atoms with van der Waals surface area (Å²) in [6.45, 7) is 4.15. The lowest BCUT2D eigenvalue weighted by atomic mass is 10.3. The van der Waals surface area contributed by atoms with E-state index in [2.05, 4.69) is 11.9 Å². The molecule has 1 rings (SSSR count). The van der Waals surface area contributed by atoms with Crippen LogP contribution in [0, 0.1) is 0 Å². The van der Waals surface area contributed by atoms with Gasteiger partial charge in [-0.1, -0.05) is 12.5 Å². The lowest BCUT2D eigenvalue weighted by Gasteiger charge is -1.89.